The molecule has 178 valence electrons. The van der Waals surface area contributed by atoms with E-state index in [4.69, 9.17) is 0 Å². The second kappa shape index (κ2) is 10.9. The molecule has 2 atom stereocenters. The molecule has 2 N–H and O–H groups in total. The Labute approximate surface area is 190 Å². The van der Waals surface area contributed by atoms with Crippen LogP contribution in [0.25, 0.3) is 0 Å². The molecule has 0 radical (unpaired) electrons. The lowest BCUT2D eigenvalue weighted by atomic mass is 10.0. The number of hydrogen-bond donors (Lipinski definition) is 2. The molecule has 2 aromatic carbocycles. The van der Waals surface area contributed by atoms with Crippen LogP contribution in [0.3, 0.4) is 0 Å². The van der Waals surface area contributed by atoms with Crippen molar-refractivity contribution >= 4 is 16.9 Å². The minimum atomic E-state index is -4.79. The van der Waals surface area contributed by atoms with Crippen LogP contribution in [0.15, 0.2) is 65.1 Å². The van der Waals surface area contributed by atoms with Gasteiger partial charge in [0.15, 0.2) is 0 Å². The van der Waals surface area contributed by atoms with Gasteiger partial charge in [0, 0.05) is 19.2 Å². The molecule has 1 aliphatic heterocycles. The molecule has 33 heavy (non-hydrogen) atoms. The summed E-state index contributed by atoms with van der Waals surface area (Å²) in [5.74, 6) is -1.21. The number of benzene rings is 2. The fraction of sp³-hybridized carbons (Fsp3) is 0.318. The smallest absolute Gasteiger partial charge is 0.406 e. The van der Waals surface area contributed by atoms with Crippen LogP contribution in [0.2, 0.25) is 0 Å². The van der Waals surface area contributed by atoms with Gasteiger partial charge in [0.2, 0.25) is 5.91 Å². The SMILES string of the molecule is O=C(C=C1CCN(S(=O)c2ccc(OC(F)(F)F)cc2)CC1)NC(CO)c1ccc(F)cc1. The van der Waals surface area contributed by atoms with Gasteiger partial charge >= 0.3 is 6.36 Å². The van der Waals surface area contributed by atoms with E-state index in [-0.39, 0.29) is 12.4 Å². The number of carbonyl (C=O) groups excluding carboxylic acids is 1. The number of hydrogen-bond acceptors (Lipinski definition) is 4. The molecular weight excluding hydrogens is 464 g/mol. The van der Waals surface area contributed by atoms with E-state index in [2.05, 4.69) is 10.1 Å². The van der Waals surface area contributed by atoms with E-state index in [9.17, 15) is 31.7 Å². The standard InChI is InChI=1S/C22H22F4N2O4S/c23-17-3-1-16(2-4-17)20(14-29)27-21(30)13-15-9-11-28(12-10-15)33(31)19-7-5-18(6-8-19)32-22(24,25)26/h1-8,13,20,29H,9-12,14H2,(H,27,30). The largest absolute Gasteiger partial charge is 0.573 e. The van der Waals surface area contributed by atoms with Gasteiger partial charge in [0.05, 0.1) is 17.5 Å². The Balaban J connectivity index is 1.53. The van der Waals surface area contributed by atoms with Crippen LogP contribution in [-0.2, 0) is 15.8 Å². The number of ether oxygens (including phenoxy) is 1. The van der Waals surface area contributed by atoms with Crippen LogP contribution in [-0.4, -0.2) is 45.6 Å². The Morgan fingerprint density at radius 1 is 1.12 bits per heavy atom. The first-order valence-corrected chi connectivity index (χ1v) is 11.1. The molecule has 3 rings (SSSR count). The highest BCUT2D eigenvalue weighted by Crippen LogP contribution is 2.25. The van der Waals surface area contributed by atoms with Gasteiger partial charge in [0.25, 0.3) is 0 Å². The van der Waals surface area contributed by atoms with E-state index in [1.165, 1.54) is 42.5 Å². The number of rotatable bonds is 7. The summed E-state index contributed by atoms with van der Waals surface area (Å²) in [7, 11) is -1.56. The summed E-state index contributed by atoms with van der Waals surface area (Å²) in [6.07, 6.45) is -2.39. The summed E-state index contributed by atoms with van der Waals surface area (Å²) >= 11 is 0. The number of aliphatic hydroxyl groups is 1. The average Bonchev–Trinajstić information content (AvgIpc) is 2.77. The summed E-state index contributed by atoms with van der Waals surface area (Å²) in [4.78, 5) is 12.7. The van der Waals surface area contributed by atoms with Crippen molar-refractivity contribution in [3.8, 4) is 5.75 Å². The number of amides is 1. The van der Waals surface area contributed by atoms with Gasteiger partial charge in [0.1, 0.15) is 22.6 Å². The summed E-state index contributed by atoms with van der Waals surface area (Å²) in [6.45, 7) is 0.446. The molecule has 2 unspecified atom stereocenters. The second-order valence-corrected chi connectivity index (χ2v) is 8.78. The third kappa shape index (κ3) is 7.37. The van der Waals surface area contributed by atoms with Crippen molar-refractivity contribution in [1.82, 2.24) is 9.62 Å². The highest BCUT2D eigenvalue weighted by atomic mass is 32.2. The molecule has 0 aromatic heterocycles. The first-order chi connectivity index (χ1) is 15.6. The molecule has 1 fully saturated rings. The van der Waals surface area contributed by atoms with Crippen molar-refractivity contribution in [2.24, 2.45) is 0 Å². The van der Waals surface area contributed by atoms with Crippen molar-refractivity contribution in [1.29, 1.82) is 0 Å². The van der Waals surface area contributed by atoms with E-state index in [0.29, 0.717) is 36.4 Å². The maximum Gasteiger partial charge on any atom is 0.573 e. The van der Waals surface area contributed by atoms with Crippen LogP contribution in [0.5, 0.6) is 5.75 Å². The number of carbonyl (C=O) groups is 1. The van der Waals surface area contributed by atoms with E-state index < -0.39 is 35.1 Å². The van der Waals surface area contributed by atoms with Crippen LogP contribution >= 0.6 is 0 Å². The molecule has 6 nitrogen and oxygen atoms in total. The minimum Gasteiger partial charge on any atom is -0.406 e. The lowest BCUT2D eigenvalue weighted by Crippen LogP contribution is -2.33. The summed E-state index contributed by atoms with van der Waals surface area (Å²) in [5, 5.41) is 12.2. The zero-order valence-corrected chi connectivity index (χ0v) is 18.2. The number of nitrogens with one attached hydrogen (secondary N) is 1. The lowest BCUT2D eigenvalue weighted by molar-refractivity contribution is -0.274. The molecule has 0 bridgehead atoms. The highest BCUT2D eigenvalue weighted by molar-refractivity contribution is 7.82. The third-order valence-electron chi connectivity index (χ3n) is 4.96. The van der Waals surface area contributed by atoms with Gasteiger partial charge in [-0.05, 0) is 54.8 Å². The number of alkyl halides is 3. The predicted octanol–water partition coefficient (Wildman–Crippen LogP) is 3.62. The molecule has 0 spiro atoms. The average molecular weight is 486 g/mol. The van der Waals surface area contributed by atoms with Crippen molar-refractivity contribution in [3.63, 3.8) is 0 Å². The molecule has 1 heterocycles. The first kappa shape index (κ1) is 24.9. The Morgan fingerprint density at radius 3 is 2.27 bits per heavy atom. The third-order valence-corrected chi connectivity index (χ3v) is 6.47. The Hall–Kier alpha value is -2.76. The Kier molecular flexibility index (Phi) is 8.22. The molecule has 1 saturated heterocycles. The maximum absolute atomic E-state index is 13.1. The number of aliphatic hydroxyl groups excluding tert-OH is 1. The molecule has 2 aromatic rings. The highest BCUT2D eigenvalue weighted by Gasteiger charge is 2.31. The van der Waals surface area contributed by atoms with Gasteiger partial charge < -0.3 is 15.2 Å². The zero-order chi connectivity index (χ0) is 24.0. The van der Waals surface area contributed by atoms with Gasteiger partial charge in [-0.1, -0.05) is 17.7 Å². The quantitative estimate of drug-likeness (QED) is 0.463. The summed E-state index contributed by atoms with van der Waals surface area (Å²) in [6, 6.07) is 9.65. The molecular formula is C22H22F4N2O4S. The van der Waals surface area contributed by atoms with Crippen molar-refractivity contribution in [2.45, 2.75) is 30.1 Å². The molecule has 1 aliphatic rings. The van der Waals surface area contributed by atoms with Gasteiger partial charge in [-0.3, -0.25) is 4.79 Å². The number of nitrogens with zero attached hydrogens (tertiary/aromatic N) is 1. The normalized spacial score (nSPS) is 16.7. The van der Waals surface area contributed by atoms with Crippen LogP contribution in [0, 0.1) is 5.82 Å². The molecule has 1 amide bonds. The fourth-order valence-corrected chi connectivity index (χ4v) is 4.50. The summed E-state index contributed by atoms with van der Waals surface area (Å²) < 4.78 is 68.0. The van der Waals surface area contributed by atoms with E-state index >= 15 is 0 Å². The fourth-order valence-electron chi connectivity index (χ4n) is 3.32. The van der Waals surface area contributed by atoms with Crippen LogP contribution in [0.4, 0.5) is 17.6 Å². The lowest BCUT2D eigenvalue weighted by Gasteiger charge is -2.27. The van der Waals surface area contributed by atoms with Gasteiger partial charge in [-0.15, -0.1) is 13.2 Å². The molecule has 0 aliphatic carbocycles. The van der Waals surface area contributed by atoms with E-state index in [1.807, 2.05) is 0 Å². The Bertz CT molecular complexity index is 1000. The van der Waals surface area contributed by atoms with Gasteiger partial charge in [-0.2, -0.15) is 0 Å². The van der Waals surface area contributed by atoms with Crippen molar-refractivity contribution < 1.29 is 36.4 Å². The van der Waals surface area contributed by atoms with Crippen molar-refractivity contribution in [2.75, 3.05) is 19.7 Å². The van der Waals surface area contributed by atoms with E-state index in [1.54, 1.807) is 4.31 Å². The maximum atomic E-state index is 13.1. The second-order valence-electron chi connectivity index (χ2n) is 7.30. The van der Waals surface area contributed by atoms with Gasteiger partial charge in [-0.25, -0.2) is 12.9 Å². The van der Waals surface area contributed by atoms with Crippen LogP contribution < -0.4 is 10.1 Å². The first-order valence-electron chi connectivity index (χ1n) is 10.0. The Morgan fingerprint density at radius 2 is 1.73 bits per heavy atom. The zero-order valence-electron chi connectivity index (χ0n) is 17.3. The molecule has 0 saturated carbocycles. The topological polar surface area (TPSA) is 78.9 Å². The number of piperidine rings is 1. The monoisotopic (exact) mass is 486 g/mol. The number of halogens is 4. The van der Waals surface area contributed by atoms with Crippen LogP contribution in [0.1, 0.15) is 24.4 Å². The molecule has 11 heteroatoms. The summed E-state index contributed by atoms with van der Waals surface area (Å²) in [5.41, 5.74) is 1.41. The van der Waals surface area contributed by atoms with E-state index in [0.717, 1.165) is 17.7 Å². The predicted molar refractivity (Wildman–Crippen MR) is 113 cm³/mol. The minimum absolute atomic E-state index is 0.347. The van der Waals surface area contributed by atoms with Crippen molar-refractivity contribution in [3.05, 3.63) is 71.6 Å².